The molecule has 0 saturated carbocycles. The van der Waals surface area contributed by atoms with Gasteiger partial charge in [0.2, 0.25) is 0 Å². The Hall–Kier alpha value is -3.95. The minimum absolute atomic E-state index is 0.126. The van der Waals surface area contributed by atoms with Gasteiger partial charge in [0.15, 0.2) is 12.4 Å². The molecule has 2 amide bonds. The summed E-state index contributed by atoms with van der Waals surface area (Å²) >= 11 is 12.5. The van der Waals surface area contributed by atoms with Crippen molar-refractivity contribution in [1.29, 1.82) is 0 Å². The lowest BCUT2D eigenvalue weighted by Crippen LogP contribution is -2.21. The first-order valence-corrected chi connectivity index (χ1v) is 11.0. The Balaban J connectivity index is 1.58. The molecule has 0 bridgehead atoms. The molecule has 0 fully saturated rings. The van der Waals surface area contributed by atoms with E-state index in [1.165, 1.54) is 42.6 Å². The molecule has 11 heteroatoms. The van der Waals surface area contributed by atoms with Gasteiger partial charge >= 0.3 is 0 Å². The van der Waals surface area contributed by atoms with Gasteiger partial charge in [0.25, 0.3) is 17.5 Å². The number of anilines is 1. The predicted molar refractivity (Wildman–Crippen MR) is 135 cm³/mol. The number of amides is 2. The predicted octanol–water partition coefficient (Wildman–Crippen LogP) is 5.30. The van der Waals surface area contributed by atoms with E-state index in [1.807, 2.05) is 32.0 Å². The monoisotopic (exact) mass is 514 g/mol. The summed E-state index contributed by atoms with van der Waals surface area (Å²) in [4.78, 5) is 34.5. The lowest BCUT2D eigenvalue weighted by molar-refractivity contribution is -0.384. The number of non-ortho nitro benzene ring substituents is 1. The van der Waals surface area contributed by atoms with E-state index in [2.05, 4.69) is 15.8 Å². The van der Waals surface area contributed by atoms with Gasteiger partial charge in [-0.2, -0.15) is 5.10 Å². The summed E-state index contributed by atoms with van der Waals surface area (Å²) in [5.74, 6) is -0.789. The van der Waals surface area contributed by atoms with Crippen molar-refractivity contribution in [2.24, 2.45) is 5.10 Å². The molecule has 0 spiro atoms. The second-order valence-electron chi connectivity index (χ2n) is 7.47. The molecule has 180 valence electrons. The third kappa shape index (κ3) is 7.02. The quantitative estimate of drug-likeness (QED) is 0.240. The first-order chi connectivity index (χ1) is 16.6. The second-order valence-corrected chi connectivity index (χ2v) is 8.29. The Morgan fingerprint density at radius 1 is 1.06 bits per heavy atom. The highest BCUT2D eigenvalue weighted by molar-refractivity contribution is 6.37. The van der Waals surface area contributed by atoms with Gasteiger partial charge in [-0.3, -0.25) is 19.7 Å². The Morgan fingerprint density at radius 2 is 1.71 bits per heavy atom. The Morgan fingerprint density at radius 3 is 2.31 bits per heavy atom. The van der Waals surface area contributed by atoms with Crippen LogP contribution in [-0.2, 0) is 4.79 Å². The molecule has 0 radical (unpaired) electrons. The summed E-state index contributed by atoms with van der Waals surface area (Å²) in [6.45, 7) is 3.56. The van der Waals surface area contributed by atoms with Gasteiger partial charge in [-0.05, 0) is 55.3 Å². The van der Waals surface area contributed by atoms with Crippen LogP contribution < -0.4 is 15.5 Å². The lowest BCUT2D eigenvalue weighted by atomic mass is 10.1. The Bertz CT molecular complexity index is 1290. The number of aryl methyl sites for hydroxylation is 2. The van der Waals surface area contributed by atoms with Crippen LogP contribution in [0.1, 0.15) is 27.0 Å². The first-order valence-electron chi connectivity index (χ1n) is 10.2. The highest BCUT2D eigenvalue weighted by Gasteiger charge is 2.13. The molecule has 0 unspecified atom stereocenters. The third-order valence-corrected chi connectivity index (χ3v) is 5.31. The van der Waals surface area contributed by atoms with Crippen LogP contribution in [0.3, 0.4) is 0 Å². The Kier molecular flexibility index (Phi) is 8.40. The maximum absolute atomic E-state index is 12.3. The van der Waals surface area contributed by atoms with Crippen molar-refractivity contribution in [3.8, 4) is 5.75 Å². The van der Waals surface area contributed by atoms with E-state index in [4.69, 9.17) is 27.9 Å². The number of nitrogens with one attached hydrogen (secondary N) is 2. The summed E-state index contributed by atoms with van der Waals surface area (Å²) in [6.07, 6.45) is 1.32. The minimum Gasteiger partial charge on any atom is -0.481 e. The third-order valence-electron chi connectivity index (χ3n) is 4.74. The molecular weight excluding hydrogens is 495 g/mol. The molecule has 3 aromatic carbocycles. The SMILES string of the molecule is Cc1ccc(NC(=O)COc2c(Cl)cc(/C=N/NC(=O)c3ccc([N+](=O)[O-])cc3)cc2Cl)c(C)c1. The smallest absolute Gasteiger partial charge is 0.271 e. The van der Waals surface area contributed by atoms with Crippen molar-refractivity contribution in [2.45, 2.75) is 13.8 Å². The minimum atomic E-state index is -0.557. The number of hydrazone groups is 1. The van der Waals surface area contributed by atoms with Gasteiger partial charge in [-0.15, -0.1) is 0 Å². The molecule has 0 aliphatic heterocycles. The number of nitrogens with zero attached hydrogens (tertiary/aromatic N) is 2. The maximum Gasteiger partial charge on any atom is 0.271 e. The summed E-state index contributed by atoms with van der Waals surface area (Å²) in [7, 11) is 0. The van der Waals surface area contributed by atoms with Crippen LogP contribution >= 0.6 is 23.2 Å². The Labute approximate surface area is 210 Å². The summed E-state index contributed by atoms with van der Waals surface area (Å²) < 4.78 is 5.51. The zero-order valence-corrected chi connectivity index (χ0v) is 20.2. The molecule has 0 atom stereocenters. The highest BCUT2D eigenvalue weighted by atomic mass is 35.5. The molecule has 0 aliphatic carbocycles. The molecule has 3 rings (SSSR count). The van der Waals surface area contributed by atoms with Crippen LogP contribution in [0.5, 0.6) is 5.75 Å². The molecule has 0 aromatic heterocycles. The fraction of sp³-hybridized carbons (Fsp3) is 0.125. The van der Waals surface area contributed by atoms with Gasteiger partial charge in [-0.25, -0.2) is 5.43 Å². The van der Waals surface area contributed by atoms with Crippen molar-refractivity contribution in [3.05, 3.63) is 97.0 Å². The van der Waals surface area contributed by atoms with Crippen molar-refractivity contribution >= 4 is 52.6 Å². The van der Waals surface area contributed by atoms with Crippen molar-refractivity contribution < 1.29 is 19.2 Å². The zero-order chi connectivity index (χ0) is 25.5. The molecule has 2 N–H and O–H groups in total. The number of benzene rings is 3. The number of nitro groups is 1. The van der Waals surface area contributed by atoms with Gasteiger partial charge in [-0.1, -0.05) is 40.9 Å². The van der Waals surface area contributed by atoms with Crippen LogP contribution in [0.25, 0.3) is 0 Å². The van der Waals surface area contributed by atoms with Gasteiger partial charge < -0.3 is 10.1 Å². The second kappa shape index (κ2) is 11.5. The van der Waals surface area contributed by atoms with E-state index in [-0.39, 0.29) is 39.6 Å². The first kappa shape index (κ1) is 25.7. The number of rotatable bonds is 8. The van der Waals surface area contributed by atoms with E-state index in [0.717, 1.165) is 11.1 Å². The largest absolute Gasteiger partial charge is 0.481 e. The zero-order valence-electron chi connectivity index (χ0n) is 18.7. The number of halogens is 2. The number of hydrogen-bond acceptors (Lipinski definition) is 6. The van der Waals surface area contributed by atoms with Crippen LogP contribution in [0.2, 0.25) is 10.0 Å². The topological polar surface area (TPSA) is 123 Å². The van der Waals surface area contributed by atoms with E-state index >= 15 is 0 Å². The number of ether oxygens (including phenoxy) is 1. The molecule has 0 aliphatic rings. The van der Waals surface area contributed by atoms with Gasteiger partial charge in [0.05, 0.1) is 21.2 Å². The van der Waals surface area contributed by atoms with Crippen LogP contribution in [0.4, 0.5) is 11.4 Å². The standard InChI is InChI=1S/C24H20Cl2N4O5/c1-14-3-8-21(15(2)9-14)28-22(31)13-35-23-19(25)10-16(11-20(23)26)12-27-29-24(32)17-4-6-18(7-5-17)30(33)34/h3-12H,13H2,1-2H3,(H,28,31)(H,29,32)/b27-12+. The van der Waals surface area contributed by atoms with Crippen molar-refractivity contribution in [2.75, 3.05) is 11.9 Å². The number of carbonyl (C=O) groups is 2. The molecule has 0 saturated heterocycles. The normalized spacial score (nSPS) is 10.7. The van der Waals surface area contributed by atoms with E-state index in [0.29, 0.717) is 11.3 Å². The number of carbonyl (C=O) groups excluding carboxylic acids is 2. The number of hydrogen-bond donors (Lipinski definition) is 2. The maximum atomic E-state index is 12.3. The van der Waals surface area contributed by atoms with Crippen molar-refractivity contribution in [3.63, 3.8) is 0 Å². The summed E-state index contributed by atoms with van der Waals surface area (Å²) in [5, 5.41) is 17.6. The molecular formula is C24H20Cl2N4O5. The molecule has 9 nitrogen and oxygen atoms in total. The lowest BCUT2D eigenvalue weighted by Gasteiger charge is -2.12. The molecule has 35 heavy (non-hydrogen) atoms. The van der Waals surface area contributed by atoms with Crippen LogP contribution in [-0.4, -0.2) is 29.6 Å². The summed E-state index contributed by atoms with van der Waals surface area (Å²) in [6, 6.07) is 13.8. The fourth-order valence-corrected chi connectivity index (χ4v) is 3.65. The summed E-state index contributed by atoms with van der Waals surface area (Å²) in [5.41, 5.74) is 5.56. The van der Waals surface area contributed by atoms with Crippen molar-refractivity contribution in [1.82, 2.24) is 5.43 Å². The number of nitro benzene ring substituents is 1. The van der Waals surface area contributed by atoms with E-state index < -0.39 is 10.8 Å². The van der Waals surface area contributed by atoms with Gasteiger partial charge in [0.1, 0.15) is 0 Å². The fourth-order valence-electron chi connectivity index (χ4n) is 3.03. The van der Waals surface area contributed by atoms with E-state index in [1.54, 1.807) is 0 Å². The highest BCUT2D eigenvalue weighted by Crippen LogP contribution is 2.34. The molecule has 3 aromatic rings. The average molecular weight is 515 g/mol. The van der Waals surface area contributed by atoms with Gasteiger partial charge in [0, 0.05) is 23.4 Å². The van der Waals surface area contributed by atoms with Crippen LogP contribution in [0.15, 0.2) is 59.7 Å². The van der Waals surface area contributed by atoms with E-state index in [9.17, 15) is 19.7 Å². The average Bonchev–Trinajstić information content (AvgIpc) is 2.80. The van der Waals surface area contributed by atoms with Crippen LogP contribution in [0, 0.1) is 24.0 Å². The molecule has 0 heterocycles.